The third-order valence-corrected chi connectivity index (χ3v) is 5.32. The minimum absolute atomic E-state index is 0.131. The minimum Gasteiger partial charge on any atom is -0.371 e. The quantitative estimate of drug-likeness (QED) is 0.604. The lowest BCUT2D eigenvalue weighted by Gasteiger charge is -2.47. The fourth-order valence-corrected chi connectivity index (χ4v) is 4.72. The molecular weight excluding hydrogens is 188 g/mol. The molecule has 2 heteroatoms. The van der Waals surface area contributed by atoms with Crippen LogP contribution in [0.25, 0.3) is 0 Å². The molecule has 2 saturated carbocycles. The molecular formula is C13H16O2. The second-order valence-corrected chi connectivity index (χ2v) is 6.13. The van der Waals surface area contributed by atoms with Gasteiger partial charge >= 0.3 is 0 Å². The van der Waals surface area contributed by atoms with Crippen molar-refractivity contribution in [1.29, 1.82) is 0 Å². The highest BCUT2D eigenvalue weighted by molar-refractivity contribution is 5.91. The lowest BCUT2D eigenvalue weighted by Crippen LogP contribution is -2.46. The van der Waals surface area contributed by atoms with Crippen molar-refractivity contribution in [3.63, 3.8) is 0 Å². The van der Waals surface area contributed by atoms with Crippen LogP contribution in [0.5, 0.6) is 0 Å². The van der Waals surface area contributed by atoms with Crippen molar-refractivity contribution in [3.8, 4) is 0 Å². The molecule has 80 valence electrons. The smallest absolute Gasteiger partial charge is 0.155 e. The van der Waals surface area contributed by atoms with Crippen LogP contribution in [0, 0.1) is 17.3 Å². The SMILES string of the molecule is C[C@]12C[C@@]34C=CC(=O)C[C@@H]3[C@H](C[C@H]1C4)O2. The molecule has 2 heterocycles. The molecule has 4 fully saturated rings. The van der Waals surface area contributed by atoms with Crippen LogP contribution in [-0.2, 0) is 9.53 Å². The van der Waals surface area contributed by atoms with Crippen LogP contribution in [0.15, 0.2) is 12.2 Å². The molecule has 0 unspecified atom stereocenters. The molecule has 0 aromatic rings. The van der Waals surface area contributed by atoms with Gasteiger partial charge in [-0.25, -0.2) is 0 Å². The number of carbonyl (C=O) groups is 1. The Balaban J connectivity index is 1.86. The number of allylic oxidation sites excluding steroid dienone is 2. The molecule has 0 aromatic carbocycles. The molecule has 0 amide bonds. The molecule has 5 aliphatic rings. The van der Waals surface area contributed by atoms with E-state index in [4.69, 9.17) is 4.74 Å². The molecule has 0 N–H and O–H groups in total. The summed E-state index contributed by atoms with van der Waals surface area (Å²) in [6.45, 7) is 2.27. The summed E-state index contributed by atoms with van der Waals surface area (Å²) in [6, 6.07) is 0. The van der Waals surface area contributed by atoms with E-state index in [2.05, 4.69) is 13.0 Å². The standard InChI is InChI=1S/C13H16O2/c1-12-7-13-3-2-9(14)5-10(13)11(15-12)4-8(12)6-13/h2-3,8,10-11H,4-7H2,1H3/t8-,10+,11-,12-,13-/m0/s1. The first-order valence-electron chi connectivity index (χ1n) is 6.01. The zero-order chi connectivity index (χ0) is 10.3. The second-order valence-electron chi connectivity index (χ2n) is 6.13. The molecule has 3 aliphatic carbocycles. The maximum absolute atomic E-state index is 11.5. The summed E-state index contributed by atoms with van der Waals surface area (Å²) in [5.41, 5.74) is 0.459. The van der Waals surface area contributed by atoms with Gasteiger partial charge in [0, 0.05) is 12.3 Å². The van der Waals surface area contributed by atoms with Crippen molar-refractivity contribution in [2.45, 2.75) is 44.3 Å². The van der Waals surface area contributed by atoms with Crippen molar-refractivity contribution in [1.82, 2.24) is 0 Å². The van der Waals surface area contributed by atoms with Crippen LogP contribution >= 0.6 is 0 Å². The summed E-state index contributed by atoms with van der Waals surface area (Å²) in [5.74, 6) is 1.53. The van der Waals surface area contributed by atoms with Gasteiger partial charge in [-0.15, -0.1) is 0 Å². The van der Waals surface area contributed by atoms with Gasteiger partial charge < -0.3 is 4.74 Å². The number of ether oxygens (including phenoxy) is 1. The van der Waals surface area contributed by atoms with E-state index in [1.165, 1.54) is 12.8 Å². The highest BCUT2D eigenvalue weighted by atomic mass is 16.5. The molecule has 5 rings (SSSR count). The average molecular weight is 204 g/mol. The van der Waals surface area contributed by atoms with Gasteiger partial charge in [0.2, 0.25) is 0 Å². The maximum atomic E-state index is 11.5. The third-order valence-electron chi connectivity index (χ3n) is 5.32. The summed E-state index contributed by atoms with van der Waals surface area (Å²) < 4.78 is 6.17. The number of hydrogen-bond acceptors (Lipinski definition) is 2. The Morgan fingerprint density at radius 1 is 1.53 bits per heavy atom. The predicted molar refractivity (Wildman–Crippen MR) is 55.3 cm³/mol. The lowest BCUT2D eigenvalue weighted by atomic mass is 9.62. The van der Waals surface area contributed by atoms with Gasteiger partial charge in [0.1, 0.15) is 0 Å². The van der Waals surface area contributed by atoms with Crippen molar-refractivity contribution < 1.29 is 9.53 Å². The third kappa shape index (κ3) is 0.840. The monoisotopic (exact) mass is 204 g/mol. The number of ketones is 1. The van der Waals surface area contributed by atoms with Gasteiger partial charge in [-0.2, -0.15) is 0 Å². The molecule has 0 aromatic heterocycles. The van der Waals surface area contributed by atoms with E-state index in [9.17, 15) is 4.79 Å². The van der Waals surface area contributed by atoms with E-state index in [0.29, 0.717) is 23.2 Å². The zero-order valence-electron chi connectivity index (χ0n) is 9.03. The van der Waals surface area contributed by atoms with Crippen LogP contribution in [0.4, 0.5) is 0 Å². The molecule has 1 spiro atoms. The van der Waals surface area contributed by atoms with Gasteiger partial charge in [0.05, 0.1) is 11.7 Å². The van der Waals surface area contributed by atoms with E-state index in [0.717, 1.165) is 18.8 Å². The zero-order valence-corrected chi connectivity index (χ0v) is 9.03. The van der Waals surface area contributed by atoms with Gasteiger partial charge in [-0.05, 0) is 43.6 Å². The fourth-order valence-electron chi connectivity index (χ4n) is 4.72. The summed E-state index contributed by atoms with van der Waals surface area (Å²) in [6.07, 6.45) is 8.75. The van der Waals surface area contributed by atoms with Crippen LogP contribution in [0.1, 0.15) is 32.6 Å². The van der Waals surface area contributed by atoms with E-state index in [1.807, 2.05) is 6.08 Å². The first-order valence-corrected chi connectivity index (χ1v) is 6.01. The van der Waals surface area contributed by atoms with Gasteiger partial charge in [-0.3, -0.25) is 4.79 Å². The number of hydrogen-bond donors (Lipinski definition) is 0. The summed E-state index contributed by atoms with van der Waals surface area (Å²) in [5, 5.41) is 0. The molecule has 2 aliphatic heterocycles. The predicted octanol–water partition coefficient (Wildman–Crippen LogP) is 2.09. The fraction of sp³-hybridized carbons (Fsp3) is 0.769. The molecule has 15 heavy (non-hydrogen) atoms. The van der Waals surface area contributed by atoms with E-state index < -0.39 is 0 Å². The second kappa shape index (κ2) is 2.22. The molecule has 4 bridgehead atoms. The van der Waals surface area contributed by atoms with E-state index >= 15 is 0 Å². The Labute approximate surface area is 89.7 Å². The Morgan fingerprint density at radius 3 is 3.20 bits per heavy atom. The molecule has 0 radical (unpaired) electrons. The van der Waals surface area contributed by atoms with E-state index in [-0.39, 0.29) is 5.60 Å². The minimum atomic E-state index is 0.131. The Bertz CT molecular complexity index is 386. The van der Waals surface area contributed by atoms with Crippen LogP contribution in [0.2, 0.25) is 0 Å². The molecule has 5 atom stereocenters. The van der Waals surface area contributed by atoms with Gasteiger partial charge in [0.25, 0.3) is 0 Å². The highest BCUT2D eigenvalue weighted by Crippen LogP contribution is 2.68. The highest BCUT2D eigenvalue weighted by Gasteiger charge is 2.67. The Hall–Kier alpha value is -0.630. The Kier molecular flexibility index (Phi) is 1.26. The van der Waals surface area contributed by atoms with Crippen molar-refractivity contribution in [2.24, 2.45) is 17.3 Å². The average Bonchev–Trinajstić information content (AvgIpc) is 2.54. The number of carbonyl (C=O) groups excluding carboxylic acids is 1. The van der Waals surface area contributed by atoms with Gasteiger partial charge in [-0.1, -0.05) is 6.08 Å². The van der Waals surface area contributed by atoms with Crippen molar-refractivity contribution in [3.05, 3.63) is 12.2 Å². The first kappa shape index (κ1) is 8.51. The summed E-state index contributed by atoms with van der Waals surface area (Å²) in [7, 11) is 0. The summed E-state index contributed by atoms with van der Waals surface area (Å²) in [4.78, 5) is 11.5. The van der Waals surface area contributed by atoms with Crippen molar-refractivity contribution in [2.75, 3.05) is 0 Å². The van der Waals surface area contributed by atoms with Crippen LogP contribution in [-0.4, -0.2) is 17.5 Å². The summed E-state index contributed by atoms with van der Waals surface area (Å²) >= 11 is 0. The van der Waals surface area contributed by atoms with Crippen molar-refractivity contribution >= 4 is 5.78 Å². The Morgan fingerprint density at radius 2 is 2.40 bits per heavy atom. The van der Waals surface area contributed by atoms with Crippen LogP contribution in [0.3, 0.4) is 0 Å². The van der Waals surface area contributed by atoms with E-state index in [1.54, 1.807) is 0 Å². The topological polar surface area (TPSA) is 26.3 Å². The first-order chi connectivity index (χ1) is 7.11. The lowest BCUT2D eigenvalue weighted by molar-refractivity contribution is -0.137. The normalized spacial score (nSPS) is 60.1. The van der Waals surface area contributed by atoms with Gasteiger partial charge in [0.15, 0.2) is 5.78 Å². The molecule has 2 nitrogen and oxygen atoms in total. The molecule has 2 saturated heterocycles. The van der Waals surface area contributed by atoms with Crippen LogP contribution < -0.4 is 0 Å². The number of rotatable bonds is 0. The maximum Gasteiger partial charge on any atom is 0.155 e. The largest absolute Gasteiger partial charge is 0.371 e.